The number of carbonyl (C=O) groups excluding carboxylic acids is 1. The van der Waals surface area contributed by atoms with Crippen LogP contribution in [0.2, 0.25) is 0 Å². The van der Waals surface area contributed by atoms with Gasteiger partial charge in [0.1, 0.15) is 4.83 Å². The van der Waals surface area contributed by atoms with Crippen molar-refractivity contribution >= 4 is 69.7 Å². The standard InChI is InChI=1S/C10H8Br4O2/c1-16-10(15)9(14)4-6-7(12)2-5(11)3-8(6)13/h2-3,9H,4H2,1H3. The lowest BCUT2D eigenvalue weighted by atomic mass is 10.1. The molecule has 6 heteroatoms. The van der Waals surface area contributed by atoms with Crippen molar-refractivity contribution in [2.45, 2.75) is 11.2 Å². The van der Waals surface area contributed by atoms with Gasteiger partial charge >= 0.3 is 5.97 Å². The number of rotatable bonds is 3. The summed E-state index contributed by atoms with van der Waals surface area (Å²) < 4.78 is 7.53. The molecule has 1 aromatic carbocycles. The molecule has 0 saturated heterocycles. The minimum absolute atomic E-state index is 0.276. The zero-order chi connectivity index (χ0) is 12.3. The lowest BCUT2D eigenvalue weighted by Gasteiger charge is -2.11. The van der Waals surface area contributed by atoms with E-state index in [1.54, 1.807) is 0 Å². The molecule has 2 nitrogen and oxygen atoms in total. The maximum atomic E-state index is 11.3. The van der Waals surface area contributed by atoms with Crippen molar-refractivity contribution in [1.29, 1.82) is 0 Å². The van der Waals surface area contributed by atoms with Crippen LogP contribution in [-0.4, -0.2) is 17.9 Å². The molecule has 0 fully saturated rings. The molecule has 0 bridgehead atoms. The first-order valence-electron chi connectivity index (χ1n) is 4.31. The average Bonchev–Trinajstić information content (AvgIpc) is 2.21. The molecule has 0 spiro atoms. The van der Waals surface area contributed by atoms with Gasteiger partial charge in [-0.2, -0.15) is 0 Å². The van der Waals surface area contributed by atoms with E-state index < -0.39 is 0 Å². The highest BCUT2D eigenvalue weighted by molar-refractivity contribution is 9.11. The van der Waals surface area contributed by atoms with E-state index in [9.17, 15) is 4.79 Å². The monoisotopic (exact) mass is 476 g/mol. The molecule has 0 aliphatic carbocycles. The van der Waals surface area contributed by atoms with Gasteiger partial charge in [-0.05, 0) is 24.1 Å². The smallest absolute Gasteiger partial charge is 0.319 e. The fourth-order valence-electron chi connectivity index (χ4n) is 1.16. The van der Waals surface area contributed by atoms with E-state index in [4.69, 9.17) is 0 Å². The number of ether oxygens (including phenoxy) is 1. The first-order valence-corrected chi connectivity index (χ1v) is 7.60. The van der Waals surface area contributed by atoms with Crippen molar-refractivity contribution in [2.24, 2.45) is 0 Å². The molecule has 0 N–H and O–H groups in total. The Labute approximate surface area is 128 Å². The van der Waals surface area contributed by atoms with Crippen LogP contribution in [0.3, 0.4) is 0 Å². The van der Waals surface area contributed by atoms with Crippen LogP contribution < -0.4 is 0 Å². The summed E-state index contributed by atoms with van der Waals surface area (Å²) in [6, 6.07) is 3.88. The second-order valence-electron chi connectivity index (χ2n) is 3.04. The van der Waals surface area contributed by atoms with Crippen LogP contribution in [0.25, 0.3) is 0 Å². The zero-order valence-electron chi connectivity index (χ0n) is 8.27. The lowest BCUT2D eigenvalue weighted by molar-refractivity contribution is -0.139. The van der Waals surface area contributed by atoms with Gasteiger partial charge in [0.15, 0.2) is 0 Å². The Hall–Kier alpha value is 0.610. The molecule has 0 radical (unpaired) electrons. The third kappa shape index (κ3) is 3.82. The normalized spacial score (nSPS) is 12.3. The summed E-state index contributed by atoms with van der Waals surface area (Å²) >= 11 is 13.6. The van der Waals surface area contributed by atoms with Gasteiger partial charge in [-0.3, -0.25) is 4.79 Å². The Morgan fingerprint density at radius 2 is 1.81 bits per heavy atom. The van der Waals surface area contributed by atoms with Crippen molar-refractivity contribution in [2.75, 3.05) is 7.11 Å². The van der Waals surface area contributed by atoms with Crippen LogP contribution in [0, 0.1) is 0 Å². The molecule has 0 saturated carbocycles. The summed E-state index contributed by atoms with van der Waals surface area (Å²) in [5.41, 5.74) is 1.02. The predicted molar refractivity (Wildman–Crippen MR) is 78.0 cm³/mol. The van der Waals surface area contributed by atoms with Crippen molar-refractivity contribution in [3.8, 4) is 0 Å². The summed E-state index contributed by atoms with van der Waals surface area (Å²) in [5, 5.41) is 0. The number of benzene rings is 1. The average molecular weight is 480 g/mol. The third-order valence-corrected chi connectivity index (χ3v) is 4.52. The Morgan fingerprint density at radius 1 is 1.31 bits per heavy atom. The second-order valence-corrected chi connectivity index (χ2v) is 6.77. The predicted octanol–water partition coefficient (Wildman–Crippen LogP) is 4.45. The second kappa shape index (κ2) is 6.52. The number of alkyl halides is 1. The van der Waals surface area contributed by atoms with E-state index in [2.05, 4.69) is 68.5 Å². The van der Waals surface area contributed by atoms with Crippen LogP contribution in [0.4, 0.5) is 0 Å². The molecular formula is C10H8Br4O2. The van der Waals surface area contributed by atoms with Gasteiger partial charge in [-0.15, -0.1) is 0 Å². The number of hydrogen-bond acceptors (Lipinski definition) is 2. The summed E-state index contributed by atoms with van der Waals surface area (Å²) in [6.45, 7) is 0. The van der Waals surface area contributed by atoms with Gasteiger partial charge in [0.2, 0.25) is 0 Å². The van der Waals surface area contributed by atoms with Gasteiger partial charge in [0.05, 0.1) is 7.11 Å². The highest BCUT2D eigenvalue weighted by Gasteiger charge is 2.19. The number of methoxy groups -OCH3 is 1. The van der Waals surface area contributed by atoms with Gasteiger partial charge < -0.3 is 4.74 Å². The van der Waals surface area contributed by atoms with E-state index in [-0.39, 0.29) is 10.8 Å². The molecule has 0 aliphatic heterocycles. The SMILES string of the molecule is COC(=O)C(Br)Cc1c(Br)cc(Br)cc1Br. The van der Waals surface area contributed by atoms with Gasteiger partial charge in [0.25, 0.3) is 0 Å². The lowest BCUT2D eigenvalue weighted by Crippen LogP contribution is -2.18. The van der Waals surface area contributed by atoms with E-state index >= 15 is 0 Å². The van der Waals surface area contributed by atoms with Crippen molar-refractivity contribution in [1.82, 2.24) is 0 Å². The summed E-state index contributed by atoms with van der Waals surface area (Å²) in [4.78, 5) is 11.0. The Bertz CT molecular complexity index is 383. The number of hydrogen-bond donors (Lipinski definition) is 0. The maximum Gasteiger partial charge on any atom is 0.319 e. The van der Waals surface area contributed by atoms with Crippen molar-refractivity contribution < 1.29 is 9.53 Å². The van der Waals surface area contributed by atoms with Crippen LogP contribution in [-0.2, 0) is 16.0 Å². The topological polar surface area (TPSA) is 26.3 Å². The Kier molecular flexibility index (Phi) is 5.98. The first-order chi connectivity index (χ1) is 7.45. The van der Waals surface area contributed by atoms with E-state index in [0.717, 1.165) is 19.0 Å². The third-order valence-electron chi connectivity index (χ3n) is 1.95. The molecule has 0 aromatic heterocycles. The summed E-state index contributed by atoms with van der Waals surface area (Å²) in [7, 11) is 1.38. The molecular weight excluding hydrogens is 472 g/mol. The van der Waals surface area contributed by atoms with Crippen LogP contribution >= 0.6 is 63.7 Å². The summed E-state index contributed by atoms with van der Waals surface area (Å²) in [5.74, 6) is -0.276. The van der Waals surface area contributed by atoms with Crippen molar-refractivity contribution in [3.63, 3.8) is 0 Å². The molecule has 16 heavy (non-hydrogen) atoms. The number of halogens is 4. The minimum atomic E-state index is -0.341. The highest BCUT2D eigenvalue weighted by atomic mass is 79.9. The quantitative estimate of drug-likeness (QED) is 0.473. The number of carbonyl (C=O) groups is 1. The number of esters is 1. The molecule has 88 valence electrons. The molecule has 0 aliphatic rings. The molecule has 0 amide bonds. The van der Waals surface area contributed by atoms with Crippen LogP contribution in [0.1, 0.15) is 5.56 Å². The fourth-order valence-corrected chi connectivity index (χ4v) is 4.25. The Balaban J connectivity index is 2.93. The summed E-state index contributed by atoms with van der Waals surface area (Å²) in [6.07, 6.45) is 0.557. The maximum absolute atomic E-state index is 11.3. The Morgan fingerprint density at radius 3 is 2.25 bits per heavy atom. The van der Waals surface area contributed by atoms with Gasteiger partial charge in [-0.1, -0.05) is 63.7 Å². The highest BCUT2D eigenvalue weighted by Crippen LogP contribution is 2.31. The molecule has 0 heterocycles. The fraction of sp³-hybridized carbons (Fsp3) is 0.300. The van der Waals surface area contributed by atoms with Gasteiger partial charge in [0, 0.05) is 13.4 Å². The molecule has 1 rings (SSSR count). The van der Waals surface area contributed by atoms with Gasteiger partial charge in [-0.25, -0.2) is 0 Å². The zero-order valence-corrected chi connectivity index (χ0v) is 14.6. The van der Waals surface area contributed by atoms with E-state index in [1.807, 2.05) is 12.1 Å². The molecule has 1 aromatic rings. The minimum Gasteiger partial charge on any atom is -0.468 e. The first kappa shape index (κ1) is 14.7. The largest absolute Gasteiger partial charge is 0.468 e. The molecule has 1 atom stereocenters. The molecule has 1 unspecified atom stereocenters. The van der Waals surface area contributed by atoms with Crippen LogP contribution in [0.5, 0.6) is 0 Å². The van der Waals surface area contributed by atoms with Crippen LogP contribution in [0.15, 0.2) is 25.6 Å². The van der Waals surface area contributed by atoms with E-state index in [0.29, 0.717) is 6.42 Å². The van der Waals surface area contributed by atoms with Crippen molar-refractivity contribution in [3.05, 3.63) is 31.1 Å². The van der Waals surface area contributed by atoms with E-state index in [1.165, 1.54) is 7.11 Å².